The fraction of sp³-hybridized carbons (Fsp3) is 0.182. The maximum absolute atomic E-state index is 14.1. The van der Waals surface area contributed by atoms with Crippen molar-refractivity contribution < 1.29 is 4.79 Å². The van der Waals surface area contributed by atoms with E-state index in [1.807, 2.05) is 79.7 Å². The third-order valence-corrected chi connectivity index (χ3v) is 7.36. The van der Waals surface area contributed by atoms with Gasteiger partial charge in [0.15, 0.2) is 0 Å². The molecule has 0 aliphatic heterocycles. The highest BCUT2D eigenvalue weighted by Gasteiger charge is 2.30. The van der Waals surface area contributed by atoms with Crippen molar-refractivity contribution in [1.82, 2.24) is 14.5 Å². The van der Waals surface area contributed by atoms with Crippen LogP contribution in [0, 0.1) is 0 Å². The van der Waals surface area contributed by atoms with Gasteiger partial charge in [-0.25, -0.2) is 4.98 Å². The number of fused-ring (bicyclic) bond motifs is 1. The lowest BCUT2D eigenvalue weighted by Gasteiger charge is -2.33. The number of amides is 1. The largest absolute Gasteiger partial charge is 0.324 e. The average molecular weight is 536 g/mol. The van der Waals surface area contributed by atoms with E-state index in [1.54, 1.807) is 39.8 Å². The smallest absolute Gasteiger partial charge is 0.266 e. The summed E-state index contributed by atoms with van der Waals surface area (Å²) in [7, 11) is 0. The molecule has 5 aromatic rings. The molecule has 4 aromatic carbocycles. The molecule has 0 N–H and O–H groups in total. The van der Waals surface area contributed by atoms with Crippen LogP contribution < -0.4 is 5.56 Å². The highest BCUT2D eigenvalue weighted by atomic mass is 35.5. The first-order valence-electron chi connectivity index (χ1n) is 13.2. The summed E-state index contributed by atoms with van der Waals surface area (Å²) in [5.41, 5.74) is 3.71. The van der Waals surface area contributed by atoms with E-state index in [1.165, 1.54) is 5.56 Å². The first-order chi connectivity index (χ1) is 19.0. The number of halogens is 1. The number of nitrogens with zero attached hydrogens (tertiary/aromatic N) is 3. The van der Waals surface area contributed by atoms with Crippen molar-refractivity contribution in [3.63, 3.8) is 0 Å². The van der Waals surface area contributed by atoms with E-state index in [-0.39, 0.29) is 11.5 Å². The van der Waals surface area contributed by atoms with Crippen LogP contribution in [0.4, 0.5) is 0 Å². The molecule has 0 saturated heterocycles. The summed E-state index contributed by atoms with van der Waals surface area (Å²) in [5, 5.41) is 0.914. The van der Waals surface area contributed by atoms with Crippen LogP contribution >= 0.6 is 11.6 Å². The van der Waals surface area contributed by atoms with Crippen LogP contribution in [-0.2, 0) is 13.0 Å². The Balaban J connectivity index is 1.74. The number of aryl methyl sites for hydroxylation is 1. The maximum Gasteiger partial charge on any atom is 0.266 e. The number of carbonyl (C=O) groups excluding carboxylic acids is 1. The number of hydrogen-bond acceptors (Lipinski definition) is 3. The second-order valence-corrected chi connectivity index (χ2v) is 9.88. The van der Waals surface area contributed by atoms with Crippen LogP contribution in [0.25, 0.3) is 16.6 Å². The summed E-state index contributed by atoms with van der Waals surface area (Å²) in [6.07, 6.45) is 1.44. The van der Waals surface area contributed by atoms with Gasteiger partial charge < -0.3 is 4.90 Å². The van der Waals surface area contributed by atoms with Gasteiger partial charge in [-0.1, -0.05) is 92.2 Å². The van der Waals surface area contributed by atoms with Crippen molar-refractivity contribution in [2.24, 2.45) is 0 Å². The van der Waals surface area contributed by atoms with Crippen molar-refractivity contribution >= 4 is 28.4 Å². The lowest BCUT2D eigenvalue weighted by molar-refractivity contribution is 0.0641. The Morgan fingerprint density at radius 3 is 2.21 bits per heavy atom. The molecule has 0 saturated carbocycles. The Kier molecular flexibility index (Phi) is 7.89. The van der Waals surface area contributed by atoms with Crippen molar-refractivity contribution in [2.45, 2.75) is 39.3 Å². The second-order valence-electron chi connectivity index (χ2n) is 9.47. The number of hydrogen-bond donors (Lipinski definition) is 0. The quantitative estimate of drug-likeness (QED) is 0.208. The molecule has 1 amide bonds. The average Bonchev–Trinajstić information content (AvgIpc) is 2.98. The van der Waals surface area contributed by atoms with Gasteiger partial charge >= 0.3 is 0 Å². The highest BCUT2D eigenvalue weighted by Crippen LogP contribution is 2.30. The Morgan fingerprint density at radius 2 is 1.51 bits per heavy atom. The normalized spacial score (nSPS) is 11.9. The lowest BCUT2D eigenvalue weighted by Crippen LogP contribution is -2.38. The predicted molar refractivity (Wildman–Crippen MR) is 158 cm³/mol. The molecule has 0 radical (unpaired) electrons. The van der Waals surface area contributed by atoms with E-state index in [9.17, 15) is 9.59 Å². The number of para-hydroxylation sites is 1. The third kappa shape index (κ3) is 5.36. The van der Waals surface area contributed by atoms with Crippen molar-refractivity contribution in [2.75, 3.05) is 0 Å². The zero-order valence-electron chi connectivity index (χ0n) is 22.0. The Bertz CT molecular complexity index is 1660. The fourth-order valence-electron chi connectivity index (χ4n) is 4.94. The van der Waals surface area contributed by atoms with E-state index in [4.69, 9.17) is 16.6 Å². The van der Waals surface area contributed by atoms with E-state index in [2.05, 4.69) is 6.92 Å². The van der Waals surface area contributed by atoms with Crippen LogP contribution in [0.5, 0.6) is 0 Å². The van der Waals surface area contributed by atoms with Crippen LogP contribution in [0.3, 0.4) is 0 Å². The minimum atomic E-state index is -0.503. The monoisotopic (exact) mass is 535 g/mol. The van der Waals surface area contributed by atoms with E-state index < -0.39 is 6.04 Å². The molecule has 1 heterocycles. The number of rotatable bonds is 8. The van der Waals surface area contributed by atoms with Crippen molar-refractivity contribution in [3.8, 4) is 5.69 Å². The summed E-state index contributed by atoms with van der Waals surface area (Å²) in [6, 6.07) is 31.7. The molecular formula is C33H30ClN3O2. The van der Waals surface area contributed by atoms with E-state index in [0.29, 0.717) is 46.0 Å². The van der Waals surface area contributed by atoms with E-state index >= 15 is 0 Å². The van der Waals surface area contributed by atoms with E-state index in [0.717, 1.165) is 12.0 Å². The van der Waals surface area contributed by atoms with Gasteiger partial charge in [0.2, 0.25) is 0 Å². The van der Waals surface area contributed by atoms with Gasteiger partial charge in [-0.05, 0) is 60.4 Å². The SMILES string of the molecule is CCc1ccc(-n2c(C(CC)N(Cc3ccccc3)C(=O)c3ccccc3Cl)nc3ccccc3c2=O)cc1. The molecule has 0 spiro atoms. The molecule has 39 heavy (non-hydrogen) atoms. The van der Waals surface area contributed by atoms with Gasteiger partial charge in [0.25, 0.3) is 11.5 Å². The fourth-order valence-corrected chi connectivity index (χ4v) is 5.16. The van der Waals surface area contributed by atoms with Crippen molar-refractivity contribution in [1.29, 1.82) is 0 Å². The molecule has 6 heteroatoms. The van der Waals surface area contributed by atoms with Gasteiger partial charge in [0.1, 0.15) is 5.82 Å². The molecule has 5 nitrogen and oxygen atoms in total. The zero-order valence-corrected chi connectivity index (χ0v) is 22.8. The molecule has 0 fully saturated rings. The topological polar surface area (TPSA) is 55.2 Å². The number of aromatic nitrogens is 2. The van der Waals surface area contributed by atoms with Crippen LogP contribution in [0.1, 0.15) is 53.6 Å². The standard InChI is InChI=1S/C33H30ClN3O2/c1-3-23-18-20-25(21-19-23)37-31(35-29-17-11-9-15-27(29)33(37)39)30(4-2)36(22-24-12-6-5-7-13-24)32(38)26-14-8-10-16-28(26)34/h5-21,30H,3-4,22H2,1-2H3. The summed E-state index contributed by atoms with van der Waals surface area (Å²) < 4.78 is 1.66. The van der Waals surface area contributed by atoms with Crippen molar-refractivity contribution in [3.05, 3.63) is 141 Å². The maximum atomic E-state index is 14.1. The summed E-state index contributed by atoms with van der Waals surface area (Å²) in [6.45, 7) is 4.44. The summed E-state index contributed by atoms with van der Waals surface area (Å²) in [5.74, 6) is 0.299. The summed E-state index contributed by atoms with van der Waals surface area (Å²) in [4.78, 5) is 35.0. The van der Waals surface area contributed by atoms with Gasteiger partial charge in [0.05, 0.1) is 33.2 Å². The van der Waals surface area contributed by atoms with Crippen LogP contribution in [0.15, 0.2) is 108 Å². The van der Waals surface area contributed by atoms with Gasteiger partial charge in [0, 0.05) is 6.54 Å². The summed E-state index contributed by atoms with van der Waals surface area (Å²) >= 11 is 6.50. The Hall–Kier alpha value is -4.22. The number of carbonyl (C=O) groups is 1. The molecule has 1 aromatic heterocycles. The van der Waals surface area contributed by atoms with Crippen LogP contribution in [0.2, 0.25) is 5.02 Å². The lowest BCUT2D eigenvalue weighted by atomic mass is 10.1. The number of benzene rings is 4. The Labute approximate surface area is 233 Å². The predicted octanol–water partition coefficient (Wildman–Crippen LogP) is 7.40. The molecule has 0 aliphatic carbocycles. The molecule has 0 bridgehead atoms. The Morgan fingerprint density at radius 1 is 0.846 bits per heavy atom. The molecular weight excluding hydrogens is 506 g/mol. The first kappa shape index (κ1) is 26.4. The molecule has 1 atom stereocenters. The second kappa shape index (κ2) is 11.7. The van der Waals surface area contributed by atoms with Gasteiger partial charge in [-0.15, -0.1) is 0 Å². The molecule has 5 rings (SSSR count). The minimum Gasteiger partial charge on any atom is -0.324 e. The third-order valence-electron chi connectivity index (χ3n) is 7.03. The highest BCUT2D eigenvalue weighted by molar-refractivity contribution is 6.33. The van der Waals surface area contributed by atoms with Crippen LogP contribution in [-0.4, -0.2) is 20.4 Å². The van der Waals surface area contributed by atoms with Gasteiger partial charge in [-0.3, -0.25) is 14.2 Å². The molecule has 1 unspecified atom stereocenters. The first-order valence-corrected chi connectivity index (χ1v) is 13.6. The molecule has 196 valence electrons. The van der Waals surface area contributed by atoms with Gasteiger partial charge in [-0.2, -0.15) is 0 Å². The zero-order chi connectivity index (χ0) is 27.4. The minimum absolute atomic E-state index is 0.164. The molecule has 0 aliphatic rings.